The van der Waals surface area contributed by atoms with Gasteiger partial charge in [-0.3, -0.25) is 0 Å². The van der Waals surface area contributed by atoms with E-state index < -0.39 is 11.6 Å². The summed E-state index contributed by atoms with van der Waals surface area (Å²) in [5, 5.41) is 3.44. The second-order valence-electron chi connectivity index (χ2n) is 7.08. The first-order valence-electron chi connectivity index (χ1n) is 8.12. The van der Waals surface area contributed by atoms with Crippen LogP contribution in [0, 0.1) is 23.0 Å². The third-order valence-electron chi connectivity index (χ3n) is 4.79. The van der Waals surface area contributed by atoms with Crippen molar-refractivity contribution in [1.29, 1.82) is 0 Å². The van der Waals surface area contributed by atoms with Crippen LogP contribution in [0.5, 0.6) is 0 Å². The Morgan fingerprint density at radius 3 is 2.52 bits per heavy atom. The van der Waals surface area contributed by atoms with Crippen LogP contribution >= 0.6 is 0 Å². The van der Waals surface area contributed by atoms with E-state index in [0.29, 0.717) is 16.9 Å². The van der Waals surface area contributed by atoms with Crippen LogP contribution in [0.15, 0.2) is 18.2 Å². The molecule has 0 radical (unpaired) electrons. The van der Waals surface area contributed by atoms with Crippen LogP contribution < -0.4 is 5.32 Å². The fourth-order valence-corrected chi connectivity index (χ4v) is 3.35. The summed E-state index contributed by atoms with van der Waals surface area (Å²) in [6, 6.07) is 4.46. The second-order valence-corrected chi connectivity index (χ2v) is 7.08. The number of halogens is 2. The van der Waals surface area contributed by atoms with E-state index in [4.69, 9.17) is 0 Å². The Morgan fingerprint density at radius 1 is 1.24 bits per heavy atom. The summed E-state index contributed by atoms with van der Waals surface area (Å²) < 4.78 is 27.7. The van der Waals surface area contributed by atoms with Crippen LogP contribution in [-0.4, -0.2) is 6.54 Å². The molecule has 1 aliphatic rings. The quantitative estimate of drug-likeness (QED) is 0.785. The minimum absolute atomic E-state index is 0.0725. The Labute approximate surface area is 127 Å². The fourth-order valence-electron chi connectivity index (χ4n) is 3.35. The van der Waals surface area contributed by atoms with Gasteiger partial charge in [-0.15, -0.1) is 0 Å². The molecule has 1 saturated carbocycles. The van der Waals surface area contributed by atoms with E-state index in [-0.39, 0.29) is 6.04 Å². The molecule has 0 saturated heterocycles. The topological polar surface area (TPSA) is 12.0 Å². The van der Waals surface area contributed by atoms with Crippen LogP contribution in [0.25, 0.3) is 0 Å². The van der Waals surface area contributed by atoms with Crippen molar-refractivity contribution in [2.24, 2.45) is 11.3 Å². The molecule has 0 amide bonds. The highest BCUT2D eigenvalue weighted by Gasteiger charge is 2.33. The molecule has 3 heteroatoms. The van der Waals surface area contributed by atoms with Gasteiger partial charge in [0.2, 0.25) is 0 Å². The molecule has 0 aliphatic heterocycles. The van der Waals surface area contributed by atoms with Crippen LogP contribution in [-0.2, 0) is 0 Å². The van der Waals surface area contributed by atoms with E-state index in [2.05, 4.69) is 26.1 Å². The standard InChI is InChI=1S/C18H27F2N/c1-4-12-21-17(13-8-10-18(2,3)11-9-13)14-6-5-7-15(19)16(14)20/h5-7,13,17,21H,4,8-12H2,1-3H3. The van der Waals surface area contributed by atoms with E-state index in [0.717, 1.165) is 38.6 Å². The highest BCUT2D eigenvalue weighted by Crippen LogP contribution is 2.43. The molecular formula is C18H27F2N. The zero-order chi connectivity index (χ0) is 15.5. The molecule has 1 nitrogen and oxygen atoms in total. The molecule has 0 heterocycles. The molecule has 1 fully saturated rings. The molecule has 1 aliphatic carbocycles. The average molecular weight is 295 g/mol. The van der Waals surface area contributed by atoms with Gasteiger partial charge < -0.3 is 5.32 Å². The predicted molar refractivity (Wildman–Crippen MR) is 83.1 cm³/mol. The number of benzene rings is 1. The number of nitrogens with one attached hydrogen (secondary N) is 1. The van der Waals surface area contributed by atoms with Gasteiger partial charge in [-0.1, -0.05) is 32.9 Å². The van der Waals surface area contributed by atoms with Crippen molar-refractivity contribution in [3.8, 4) is 0 Å². The maximum Gasteiger partial charge on any atom is 0.163 e. The lowest BCUT2D eigenvalue weighted by Crippen LogP contribution is -2.34. The smallest absolute Gasteiger partial charge is 0.163 e. The Balaban J connectivity index is 2.20. The molecule has 21 heavy (non-hydrogen) atoms. The maximum atomic E-state index is 14.2. The van der Waals surface area contributed by atoms with Gasteiger partial charge in [-0.25, -0.2) is 8.78 Å². The van der Waals surface area contributed by atoms with Gasteiger partial charge in [-0.05, 0) is 56.0 Å². The van der Waals surface area contributed by atoms with Gasteiger partial charge in [0.05, 0.1) is 0 Å². The van der Waals surface area contributed by atoms with E-state index in [1.54, 1.807) is 12.1 Å². The number of hydrogen-bond acceptors (Lipinski definition) is 1. The average Bonchev–Trinajstić information content (AvgIpc) is 2.44. The zero-order valence-electron chi connectivity index (χ0n) is 13.4. The monoisotopic (exact) mass is 295 g/mol. The molecule has 118 valence electrons. The highest BCUT2D eigenvalue weighted by atomic mass is 19.2. The Bertz CT molecular complexity index is 460. The third-order valence-corrected chi connectivity index (χ3v) is 4.79. The first-order chi connectivity index (χ1) is 9.94. The normalized spacial score (nSPS) is 20.4. The molecule has 1 unspecified atom stereocenters. The Morgan fingerprint density at radius 2 is 1.90 bits per heavy atom. The van der Waals surface area contributed by atoms with Crippen molar-refractivity contribution in [2.45, 2.75) is 58.9 Å². The van der Waals surface area contributed by atoms with E-state index in [9.17, 15) is 8.78 Å². The fraction of sp³-hybridized carbons (Fsp3) is 0.667. The van der Waals surface area contributed by atoms with Gasteiger partial charge >= 0.3 is 0 Å². The number of hydrogen-bond donors (Lipinski definition) is 1. The molecule has 1 aromatic carbocycles. The summed E-state index contributed by atoms with van der Waals surface area (Å²) in [5.74, 6) is -1.04. The summed E-state index contributed by atoms with van der Waals surface area (Å²) in [4.78, 5) is 0. The Hall–Kier alpha value is -0.960. The SMILES string of the molecule is CCCNC(c1cccc(F)c1F)C1CCC(C)(C)CC1. The van der Waals surface area contributed by atoms with Gasteiger partial charge in [-0.2, -0.15) is 0 Å². The lowest BCUT2D eigenvalue weighted by atomic mass is 9.70. The second kappa shape index (κ2) is 6.87. The summed E-state index contributed by atoms with van der Waals surface area (Å²) in [6.07, 6.45) is 5.44. The van der Waals surface area contributed by atoms with Gasteiger partial charge in [0.1, 0.15) is 0 Å². The minimum Gasteiger partial charge on any atom is -0.310 e. The zero-order valence-corrected chi connectivity index (χ0v) is 13.4. The van der Waals surface area contributed by atoms with Crippen molar-refractivity contribution in [3.05, 3.63) is 35.4 Å². The molecule has 1 N–H and O–H groups in total. The van der Waals surface area contributed by atoms with Crippen LogP contribution in [0.4, 0.5) is 8.78 Å². The summed E-state index contributed by atoms with van der Waals surface area (Å²) in [7, 11) is 0. The molecule has 1 atom stereocenters. The minimum atomic E-state index is -0.744. The molecule has 0 spiro atoms. The van der Waals surface area contributed by atoms with Crippen molar-refractivity contribution >= 4 is 0 Å². The predicted octanol–water partition coefficient (Wildman–Crippen LogP) is 5.22. The van der Waals surface area contributed by atoms with Gasteiger partial charge in [0.15, 0.2) is 11.6 Å². The van der Waals surface area contributed by atoms with E-state index in [1.807, 2.05) is 0 Å². The van der Waals surface area contributed by atoms with Gasteiger partial charge in [0.25, 0.3) is 0 Å². The molecular weight excluding hydrogens is 268 g/mol. The Kier molecular flexibility index (Phi) is 5.37. The van der Waals surface area contributed by atoms with Crippen LogP contribution in [0.3, 0.4) is 0 Å². The first-order valence-corrected chi connectivity index (χ1v) is 8.12. The first kappa shape index (κ1) is 16.4. The summed E-state index contributed by atoms with van der Waals surface area (Å²) in [5.41, 5.74) is 0.875. The molecule has 0 aromatic heterocycles. The molecule has 2 rings (SSSR count). The van der Waals surface area contributed by atoms with Crippen LogP contribution in [0.2, 0.25) is 0 Å². The summed E-state index contributed by atoms with van der Waals surface area (Å²) in [6.45, 7) is 7.51. The van der Waals surface area contributed by atoms with Gasteiger partial charge in [0, 0.05) is 11.6 Å². The highest BCUT2D eigenvalue weighted by molar-refractivity contribution is 5.23. The largest absolute Gasteiger partial charge is 0.310 e. The van der Waals surface area contributed by atoms with Crippen molar-refractivity contribution in [3.63, 3.8) is 0 Å². The molecule has 0 bridgehead atoms. The van der Waals surface area contributed by atoms with Crippen LogP contribution in [0.1, 0.15) is 64.5 Å². The third kappa shape index (κ3) is 4.03. The lowest BCUT2D eigenvalue weighted by Gasteiger charge is -2.38. The maximum absolute atomic E-state index is 14.2. The van der Waals surface area contributed by atoms with Crippen molar-refractivity contribution < 1.29 is 8.78 Å². The van der Waals surface area contributed by atoms with Crippen molar-refractivity contribution in [1.82, 2.24) is 5.32 Å². The van der Waals surface area contributed by atoms with Crippen molar-refractivity contribution in [2.75, 3.05) is 6.54 Å². The van der Waals surface area contributed by atoms with E-state index in [1.165, 1.54) is 6.07 Å². The summed E-state index contributed by atoms with van der Waals surface area (Å²) >= 11 is 0. The molecule has 1 aromatic rings. The lowest BCUT2D eigenvalue weighted by molar-refractivity contribution is 0.159. The number of rotatable bonds is 5. The van der Waals surface area contributed by atoms with E-state index >= 15 is 0 Å².